The van der Waals surface area contributed by atoms with Crippen LogP contribution in [0.3, 0.4) is 0 Å². The van der Waals surface area contributed by atoms with Crippen molar-refractivity contribution >= 4 is 5.91 Å². The summed E-state index contributed by atoms with van der Waals surface area (Å²) in [6.07, 6.45) is 0. The molecule has 2 aromatic rings. The summed E-state index contributed by atoms with van der Waals surface area (Å²) in [5.74, 6) is 1.01. The zero-order valence-corrected chi connectivity index (χ0v) is 14.7. The minimum Gasteiger partial charge on any atom is -0.493 e. The molecule has 5 heteroatoms. The van der Waals surface area contributed by atoms with E-state index in [4.69, 9.17) is 9.47 Å². The van der Waals surface area contributed by atoms with Crippen molar-refractivity contribution in [1.29, 1.82) is 0 Å². The molecule has 0 spiro atoms. The van der Waals surface area contributed by atoms with Gasteiger partial charge < -0.3 is 19.7 Å². The second kappa shape index (κ2) is 8.36. The summed E-state index contributed by atoms with van der Waals surface area (Å²) in [5.41, 5.74) is 2.90. The Morgan fingerprint density at radius 3 is 2.17 bits per heavy atom. The molecule has 24 heavy (non-hydrogen) atoms. The van der Waals surface area contributed by atoms with Crippen LogP contribution in [-0.4, -0.2) is 34.2 Å². The maximum atomic E-state index is 12.3. The number of amides is 1. The van der Waals surface area contributed by atoms with Crippen molar-refractivity contribution in [3.05, 3.63) is 59.2 Å². The van der Waals surface area contributed by atoms with Gasteiger partial charge in [0.15, 0.2) is 11.5 Å². The van der Waals surface area contributed by atoms with E-state index in [2.05, 4.69) is 31.5 Å². The molecule has 0 atom stereocenters. The third-order valence-corrected chi connectivity index (χ3v) is 3.68. The fraction of sp³-hybridized carbons (Fsp3) is 0.316. The van der Waals surface area contributed by atoms with Gasteiger partial charge in [0.25, 0.3) is 5.91 Å². The zero-order chi connectivity index (χ0) is 17.5. The van der Waals surface area contributed by atoms with Crippen LogP contribution in [0.5, 0.6) is 11.5 Å². The van der Waals surface area contributed by atoms with Crippen molar-refractivity contribution in [3.63, 3.8) is 0 Å². The van der Waals surface area contributed by atoms with Gasteiger partial charge in [-0.05, 0) is 23.8 Å². The lowest BCUT2D eigenvalue weighted by atomic mass is 10.1. The molecule has 0 fully saturated rings. The molecule has 2 N–H and O–H groups in total. The van der Waals surface area contributed by atoms with Gasteiger partial charge in [0.1, 0.15) is 6.54 Å². The predicted octanol–water partition coefficient (Wildman–Crippen LogP) is 1.28. The van der Waals surface area contributed by atoms with Gasteiger partial charge in [-0.2, -0.15) is 0 Å². The molecule has 0 aromatic heterocycles. The highest BCUT2D eigenvalue weighted by Crippen LogP contribution is 2.27. The topological polar surface area (TPSA) is 52.0 Å². The molecule has 2 rings (SSSR count). The quantitative estimate of drug-likeness (QED) is 0.805. The Balaban J connectivity index is 1.97. The van der Waals surface area contributed by atoms with Crippen molar-refractivity contribution in [2.24, 2.45) is 0 Å². The summed E-state index contributed by atoms with van der Waals surface area (Å²) in [5, 5.41) is 2.92. The van der Waals surface area contributed by atoms with E-state index < -0.39 is 0 Å². The number of hydrogen-bond donors (Lipinski definition) is 2. The molecule has 0 saturated heterocycles. The summed E-state index contributed by atoms with van der Waals surface area (Å²) in [7, 11) is 7.37. The van der Waals surface area contributed by atoms with Crippen molar-refractivity contribution in [3.8, 4) is 11.5 Å². The molecule has 0 saturated carbocycles. The molecule has 128 valence electrons. The van der Waals surface area contributed by atoms with Gasteiger partial charge in [0.2, 0.25) is 0 Å². The maximum absolute atomic E-state index is 12.3. The van der Waals surface area contributed by atoms with Crippen LogP contribution < -0.4 is 19.7 Å². The van der Waals surface area contributed by atoms with Crippen molar-refractivity contribution in [1.82, 2.24) is 5.32 Å². The van der Waals surface area contributed by atoms with Crippen molar-refractivity contribution in [2.45, 2.75) is 13.1 Å². The predicted molar refractivity (Wildman–Crippen MR) is 93.7 cm³/mol. The number of benzene rings is 2. The van der Waals surface area contributed by atoms with Crippen LogP contribution in [0.15, 0.2) is 42.5 Å². The molecule has 0 aliphatic carbocycles. The molecular formula is C19H25N2O3+. The van der Waals surface area contributed by atoms with Crippen LogP contribution >= 0.6 is 0 Å². The van der Waals surface area contributed by atoms with Gasteiger partial charge in [-0.25, -0.2) is 0 Å². The number of quaternary nitrogens is 1. The third-order valence-electron chi connectivity index (χ3n) is 3.68. The van der Waals surface area contributed by atoms with Gasteiger partial charge in [-0.15, -0.1) is 0 Å². The first-order valence-corrected chi connectivity index (χ1v) is 7.90. The lowest BCUT2D eigenvalue weighted by molar-refractivity contribution is -0.872. The van der Waals surface area contributed by atoms with E-state index in [1.54, 1.807) is 32.4 Å². The van der Waals surface area contributed by atoms with E-state index in [-0.39, 0.29) is 5.91 Å². The number of methoxy groups -OCH3 is 2. The summed E-state index contributed by atoms with van der Waals surface area (Å²) in [6.45, 7) is 1.47. The fourth-order valence-corrected chi connectivity index (χ4v) is 2.45. The zero-order valence-electron chi connectivity index (χ0n) is 14.7. The number of carbonyl (C=O) groups excluding carboxylic acids is 1. The number of rotatable bonds is 7. The number of hydrogen-bond acceptors (Lipinski definition) is 3. The minimum absolute atomic E-state index is 0.141. The van der Waals surface area contributed by atoms with Gasteiger partial charge in [0.05, 0.1) is 28.3 Å². The smallest absolute Gasteiger partial charge is 0.251 e. The average molecular weight is 329 g/mol. The van der Waals surface area contributed by atoms with E-state index in [0.29, 0.717) is 23.6 Å². The molecule has 0 unspecified atom stereocenters. The average Bonchev–Trinajstić information content (AvgIpc) is 2.59. The SMILES string of the molecule is COc1ccc(C(=O)NCc2ccc(C[NH+](C)C)cc2)cc1OC. The second-order valence-electron chi connectivity index (χ2n) is 5.95. The number of carbonyl (C=O) groups is 1. The minimum atomic E-state index is -0.141. The monoisotopic (exact) mass is 329 g/mol. The Bertz CT molecular complexity index is 682. The lowest BCUT2D eigenvalue weighted by Gasteiger charge is -2.11. The molecule has 0 radical (unpaired) electrons. The summed E-state index contributed by atoms with van der Waals surface area (Å²) >= 11 is 0. The standard InChI is InChI=1S/C19H24N2O3/c1-21(2)13-15-7-5-14(6-8-15)12-20-19(22)16-9-10-17(23-3)18(11-16)24-4/h5-11H,12-13H2,1-4H3,(H,20,22)/p+1. The molecule has 0 aliphatic rings. The van der Waals surface area contributed by atoms with Crippen LogP contribution in [0.1, 0.15) is 21.5 Å². The molecule has 2 aromatic carbocycles. The van der Waals surface area contributed by atoms with Crippen LogP contribution in [0.25, 0.3) is 0 Å². The van der Waals surface area contributed by atoms with Crippen molar-refractivity contribution in [2.75, 3.05) is 28.3 Å². The van der Waals surface area contributed by atoms with Crippen LogP contribution in [0, 0.1) is 0 Å². The first-order valence-electron chi connectivity index (χ1n) is 7.90. The summed E-state index contributed by atoms with van der Waals surface area (Å²) < 4.78 is 10.4. The first kappa shape index (κ1) is 17.8. The van der Waals surface area contributed by atoms with Gasteiger partial charge >= 0.3 is 0 Å². The van der Waals surface area contributed by atoms with Gasteiger partial charge in [-0.1, -0.05) is 24.3 Å². The highest BCUT2D eigenvalue weighted by molar-refractivity contribution is 5.94. The largest absolute Gasteiger partial charge is 0.493 e. The van der Waals surface area contributed by atoms with Crippen LogP contribution in [-0.2, 0) is 13.1 Å². The second-order valence-corrected chi connectivity index (χ2v) is 5.95. The summed E-state index contributed by atoms with van der Waals surface area (Å²) in [6, 6.07) is 13.4. The Labute approximate surface area is 143 Å². The molecule has 0 aliphatic heterocycles. The van der Waals surface area contributed by atoms with Gasteiger partial charge in [0, 0.05) is 17.7 Å². The normalized spacial score (nSPS) is 10.5. The number of nitrogens with one attached hydrogen (secondary N) is 2. The fourth-order valence-electron chi connectivity index (χ4n) is 2.45. The Hall–Kier alpha value is -2.53. The lowest BCUT2D eigenvalue weighted by Crippen LogP contribution is -3.04. The van der Waals surface area contributed by atoms with Crippen molar-refractivity contribution < 1.29 is 19.2 Å². The first-order chi connectivity index (χ1) is 11.5. The highest BCUT2D eigenvalue weighted by Gasteiger charge is 2.10. The molecule has 0 bridgehead atoms. The van der Waals surface area contributed by atoms with E-state index in [0.717, 1.165) is 12.1 Å². The third kappa shape index (κ3) is 4.73. The molecule has 5 nitrogen and oxygen atoms in total. The Morgan fingerprint density at radius 2 is 1.58 bits per heavy atom. The number of ether oxygens (including phenoxy) is 2. The summed E-state index contributed by atoms with van der Waals surface area (Å²) in [4.78, 5) is 13.7. The molecule has 1 amide bonds. The van der Waals surface area contributed by atoms with E-state index in [1.807, 2.05) is 12.1 Å². The van der Waals surface area contributed by atoms with E-state index in [9.17, 15) is 4.79 Å². The Kier molecular flexibility index (Phi) is 6.21. The molecular weight excluding hydrogens is 304 g/mol. The van der Waals surface area contributed by atoms with Gasteiger partial charge in [-0.3, -0.25) is 4.79 Å². The van der Waals surface area contributed by atoms with E-state index >= 15 is 0 Å². The van der Waals surface area contributed by atoms with Crippen LogP contribution in [0.4, 0.5) is 0 Å². The highest BCUT2D eigenvalue weighted by atomic mass is 16.5. The maximum Gasteiger partial charge on any atom is 0.251 e. The Morgan fingerprint density at radius 1 is 0.958 bits per heavy atom. The molecule has 0 heterocycles. The van der Waals surface area contributed by atoms with E-state index in [1.165, 1.54) is 10.5 Å². The van der Waals surface area contributed by atoms with Crippen LogP contribution in [0.2, 0.25) is 0 Å².